The predicted molar refractivity (Wildman–Crippen MR) is 181 cm³/mol. The van der Waals surface area contributed by atoms with Gasteiger partial charge in [-0.05, 0) is 136 Å². The Kier molecular flexibility index (Phi) is 7.93. The number of rotatable bonds is 7. The van der Waals surface area contributed by atoms with Crippen LogP contribution in [0.2, 0.25) is 0 Å². The molecular weight excluding hydrogens is 614 g/mol. The van der Waals surface area contributed by atoms with E-state index in [2.05, 4.69) is 39.5 Å². The molecule has 1 saturated heterocycles. The molecule has 5 aliphatic carbocycles. The van der Waals surface area contributed by atoms with E-state index < -0.39 is 34.9 Å². The fourth-order valence-electron chi connectivity index (χ4n) is 13.6. The molecule has 1 aromatic rings. The van der Waals surface area contributed by atoms with Crippen molar-refractivity contribution in [3.63, 3.8) is 0 Å². The second-order valence-electron chi connectivity index (χ2n) is 18.7. The van der Waals surface area contributed by atoms with Crippen LogP contribution in [0, 0.1) is 44.8 Å². The van der Waals surface area contributed by atoms with E-state index in [-0.39, 0.29) is 51.7 Å². The standard InChI is InChI=1S/C39H58ClNO6/c1-33(2)28(46-32(44)24(41-40)19-23-11-9-8-10-12-23)14-16-39-22-38(39)18-17-35(5)31(37(7)15-13-29(47-37)34(3,4)45)26(43)21-36(35,6)27(38)20-25(42)30(33)39/h8-12,24-31,41-43,45H,13-22H2,1-7H3/t24?,25-,26-,27?,28-,29-,30-,31-,35+,36-,37+,38?,39+/m0/s1. The van der Waals surface area contributed by atoms with Crippen LogP contribution >= 0.6 is 11.8 Å². The van der Waals surface area contributed by atoms with E-state index in [0.29, 0.717) is 18.8 Å². The Bertz CT molecular complexity index is 1380. The number of carbonyl (C=O) groups excluding carboxylic acids is 1. The van der Waals surface area contributed by atoms with Crippen LogP contribution in [-0.2, 0) is 20.7 Å². The number of aliphatic hydroxyl groups excluding tert-OH is 2. The molecule has 47 heavy (non-hydrogen) atoms. The highest BCUT2D eigenvalue weighted by atomic mass is 35.5. The monoisotopic (exact) mass is 671 g/mol. The second-order valence-corrected chi connectivity index (χ2v) is 18.9. The minimum Gasteiger partial charge on any atom is -0.461 e. The van der Waals surface area contributed by atoms with Crippen molar-refractivity contribution in [3.05, 3.63) is 35.9 Å². The van der Waals surface area contributed by atoms with E-state index in [1.54, 1.807) is 0 Å². The van der Waals surface area contributed by atoms with Gasteiger partial charge in [-0.1, -0.05) is 58.0 Å². The van der Waals surface area contributed by atoms with Gasteiger partial charge in [-0.25, -0.2) is 4.84 Å². The molecule has 13 atom stereocenters. The van der Waals surface area contributed by atoms with Crippen LogP contribution in [0.1, 0.15) is 112 Å². The maximum Gasteiger partial charge on any atom is 0.325 e. The van der Waals surface area contributed by atoms with Gasteiger partial charge >= 0.3 is 5.97 Å². The van der Waals surface area contributed by atoms with Crippen LogP contribution < -0.4 is 4.84 Å². The molecular formula is C39H58ClNO6. The summed E-state index contributed by atoms with van der Waals surface area (Å²) in [6.45, 7) is 15.0. The molecule has 7 rings (SSSR count). The van der Waals surface area contributed by atoms with E-state index in [4.69, 9.17) is 21.3 Å². The number of aliphatic hydroxyl groups is 3. The lowest BCUT2D eigenvalue weighted by molar-refractivity contribution is -0.218. The average Bonchev–Trinajstić information content (AvgIpc) is 3.34. The number of fused-ring (bicyclic) bond motifs is 2. The van der Waals surface area contributed by atoms with Crippen molar-refractivity contribution in [3.8, 4) is 0 Å². The molecule has 8 heteroatoms. The van der Waals surface area contributed by atoms with Crippen molar-refractivity contribution in [1.29, 1.82) is 0 Å². The molecule has 0 amide bonds. The Labute approximate surface area is 286 Å². The van der Waals surface area contributed by atoms with Gasteiger partial charge in [0.15, 0.2) is 0 Å². The van der Waals surface area contributed by atoms with Crippen molar-refractivity contribution in [2.45, 2.75) is 154 Å². The molecule has 0 radical (unpaired) electrons. The third kappa shape index (κ3) is 4.72. The van der Waals surface area contributed by atoms with Gasteiger partial charge in [-0.15, -0.1) is 0 Å². The van der Waals surface area contributed by atoms with Crippen molar-refractivity contribution in [2.24, 2.45) is 44.8 Å². The summed E-state index contributed by atoms with van der Waals surface area (Å²) in [6, 6.07) is 9.18. The molecule has 6 aliphatic rings. The summed E-state index contributed by atoms with van der Waals surface area (Å²) in [5.74, 6) is -0.0267. The summed E-state index contributed by atoms with van der Waals surface area (Å²) < 4.78 is 13.0. The van der Waals surface area contributed by atoms with Gasteiger partial charge in [0.2, 0.25) is 0 Å². The minimum absolute atomic E-state index is 0.0169. The van der Waals surface area contributed by atoms with Gasteiger partial charge in [-0.2, -0.15) is 0 Å². The van der Waals surface area contributed by atoms with Gasteiger partial charge in [0.1, 0.15) is 12.1 Å². The van der Waals surface area contributed by atoms with Crippen LogP contribution in [0.3, 0.4) is 0 Å². The SMILES string of the molecule is CC(C)(O)[C@@H]1CC[C@](C)([C@H]2[C@@H](O)C[C@@]3(C)C4C[C@H](O)[C@H]5C(C)(C)[C@@H](OC(=O)C(Cc6ccccc6)NCl)CC[C@@]56CC46CC[C@]23C)O1. The maximum atomic E-state index is 13.5. The number of ether oxygens (including phenoxy) is 2. The Morgan fingerprint density at radius 2 is 1.68 bits per heavy atom. The normalized spacial score (nSPS) is 48.9. The summed E-state index contributed by atoms with van der Waals surface area (Å²) in [5, 5.41) is 35.0. The number of carbonyl (C=O) groups is 1. The fraction of sp³-hybridized carbons (Fsp3) is 0.821. The van der Waals surface area contributed by atoms with E-state index in [1.807, 2.05) is 44.2 Å². The number of benzene rings is 1. The average molecular weight is 672 g/mol. The van der Waals surface area contributed by atoms with Gasteiger partial charge in [0.25, 0.3) is 0 Å². The topological polar surface area (TPSA) is 108 Å². The molecule has 1 aliphatic heterocycles. The molecule has 1 aromatic carbocycles. The predicted octanol–water partition coefficient (Wildman–Crippen LogP) is 6.34. The second kappa shape index (κ2) is 10.9. The third-order valence-corrected chi connectivity index (χ3v) is 16.0. The lowest BCUT2D eigenvalue weighted by atomic mass is 9.41. The zero-order valence-corrected chi connectivity index (χ0v) is 30.3. The van der Waals surface area contributed by atoms with E-state index in [1.165, 1.54) is 0 Å². The van der Waals surface area contributed by atoms with E-state index in [9.17, 15) is 20.1 Å². The van der Waals surface area contributed by atoms with Gasteiger partial charge < -0.3 is 24.8 Å². The fourth-order valence-corrected chi connectivity index (χ4v) is 13.7. The molecule has 262 valence electrons. The van der Waals surface area contributed by atoms with Crippen LogP contribution in [0.15, 0.2) is 30.3 Å². The summed E-state index contributed by atoms with van der Waals surface area (Å²) in [7, 11) is 0. The van der Waals surface area contributed by atoms with Gasteiger partial charge in [0, 0.05) is 11.3 Å². The summed E-state index contributed by atoms with van der Waals surface area (Å²) in [4.78, 5) is 16.1. The van der Waals surface area contributed by atoms with Crippen LogP contribution in [0.25, 0.3) is 0 Å². The Morgan fingerprint density at radius 1 is 0.979 bits per heavy atom. The maximum absolute atomic E-state index is 13.5. The largest absolute Gasteiger partial charge is 0.461 e. The van der Waals surface area contributed by atoms with Gasteiger partial charge in [0.05, 0.1) is 29.5 Å². The number of esters is 1. The third-order valence-electron chi connectivity index (χ3n) is 15.7. The zero-order valence-electron chi connectivity index (χ0n) is 29.5. The summed E-state index contributed by atoms with van der Waals surface area (Å²) >= 11 is 6.08. The highest BCUT2D eigenvalue weighted by molar-refractivity contribution is 6.14. The molecule has 0 bridgehead atoms. The zero-order chi connectivity index (χ0) is 34.0. The number of hydrogen-bond donors (Lipinski definition) is 4. The smallest absolute Gasteiger partial charge is 0.325 e. The van der Waals surface area contributed by atoms with Crippen molar-refractivity contribution in [1.82, 2.24) is 4.84 Å². The van der Waals surface area contributed by atoms with E-state index in [0.717, 1.165) is 56.9 Å². The van der Waals surface area contributed by atoms with Crippen LogP contribution in [0.4, 0.5) is 0 Å². The number of halogens is 1. The number of nitrogens with one attached hydrogen (secondary N) is 1. The van der Waals surface area contributed by atoms with Crippen molar-refractivity contribution in [2.75, 3.05) is 0 Å². The highest BCUT2D eigenvalue weighted by Gasteiger charge is 2.85. The highest BCUT2D eigenvalue weighted by Crippen LogP contribution is 2.89. The first-order valence-corrected chi connectivity index (χ1v) is 18.6. The van der Waals surface area contributed by atoms with Gasteiger partial charge in [-0.3, -0.25) is 4.79 Å². The summed E-state index contributed by atoms with van der Waals surface area (Å²) in [6.07, 6.45) is 6.92. The first kappa shape index (κ1) is 34.2. The number of hydrogen-bond acceptors (Lipinski definition) is 7. The van der Waals surface area contributed by atoms with Crippen molar-refractivity contribution < 1.29 is 29.6 Å². The molecule has 2 spiro atoms. The molecule has 3 unspecified atom stereocenters. The summed E-state index contributed by atoms with van der Waals surface area (Å²) in [5.41, 5.74) is -0.953. The molecule has 6 fully saturated rings. The Balaban J connectivity index is 1.12. The first-order valence-electron chi connectivity index (χ1n) is 18.3. The quantitative estimate of drug-likeness (QED) is 0.198. The minimum atomic E-state index is -0.922. The van der Waals surface area contributed by atoms with E-state index >= 15 is 0 Å². The first-order chi connectivity index (χ1) is 21.9. The molecule has 1 heterocycles. The van der Waals surface area contributed by atoms with Crippen LogP contribution in [-0.4, -0.2) is 62.9 Å². The van der Waals surface area contributed by atoms with Crippen LogP contribution in [0.5, 0.6) is 0 Å². The molecule has 7 nitrogen and oxygen atoms in total. The molecule has 0 aromatic heterocycles. The Morgan fingerprint density at radius 3 is 2.32 bits per heavy atom. The lowest BCUT2D eigenvalue weighted by Crippen LogP contribution is -2.62. The Hall–Kier alpha value is -1.22. The molecule has 4 N–H and O–H groups in total. The van der Waals surface area contributed by atoms with Crippen molar-refractivity contribution >= 4 is 17.7 Å². The molecule has 5 saturated carbocycles. The lowest BCUT2D eigenvalue weighted by Gasteiger charge is -2.64.